The predicted octanol–water partition coefficient (Wildman–Crippen LogP) is 4.10. The summed E-state index contributed by atoms with van der Waals surface area (Å²) in [6.07, 6.45) is 0. The van der Waals surface area contributed by atoms with Gasteiger partial charge in [-0.25, -0.2) is 0 Å². The maximum atomic E-state index is 13.2. The van der Waals surface area contributed by atoms with Crippen LogP contribution < -0.4 is 14.4 Å². The standard InChI is InChI=1S/C26H21NO6/c1-15-3-2-4-18(13-15)27-23(16-5-8-19(28)9-6-16)22(25(30)26(27)31)24(29)17-7-10-20-21(14-17)33-12-11-32-20/h2-10,13-14,23,28-29H,11-12H2,1H3/b24-22-. The molecule has 33 heavy (non-hydrogen) atoms. The smallest absolute Gasteiger partial charge is 0.300 e. The molecule has 0 bridgehead atoms. The zero-order valence-corrected chi connectivity index (χ0v) is 17.8. The van der Waals surface area contributed by atoms with E-state index in [2.05, 4.69) is 0 Å². The number of amides is 1. The van der Waals surface area contributed by atoms with Gasteiger partial charge < -0.3 is 19.7 Å². The average molecular weight is 443 g/mol. The van der Waals surface area contributed by atoms with Crippen molar-refractivity contribution in [1.82, 2.24) is 0 Å². The summed E-state index contributed by atoms with van der Waals surface area (Å²) < 4.78 is 11.1. The van der Waals surface area contributed by atoms with Gasteiger partial charge in [0.25, 0.3) is 11.7 Å². The molecule has 7 nitrogen and oxygen atoms in total. The molecule has 2 heterocycles. The predicted molar refractivity (Wildman–Crippen MR) is 122 cm³/mol. The molecular weight excluding hydrogens is 422 g/mol. The van der Waals surface area contributed by atoms with Crippen LogP contribution in [0.4, 0.5) is 5.69 Å². The molecule has 3 aromatic carbocycles. The van der Waals surface area contributed by atoms with Gasteiger partial charge in [0.2, 0.25) is 0 Å². The summed E-state index contributed by atoms with van der Waals surface area (Å²) >= 11 is 0. The molecule has 2 aliphatic rings. The quantitative estimate of drug-likeness (QED) is 0.360. The van der Waals surface area contributed by atoms with Crippen molar-refractivity contribution in [1.29, 1.82) is 0 Å². The topological polar surface area (TPSA) is 96.3 Å². The molecule has 7 heteroatoms. The number of fused-ring (bicyclic) bond motifs is 1. The normalized spacial score (nSPS) is 19.1. The summed E-state index contributed by atoms with van der Waals surface area (Å²) in [5, 5.41) is 21.0. The highest BCUT2D eigenvalue weighted by Crippen LogP contribution is 2.43. The summed E-state index contributed by atoms with van der Waals surface area (Å²) in [6.45, 7) is 2.70. The highest BCUT2D eigenvalue weighted by molar-refractivity contribution is 6.51. The number of anilines is 1. The molecule has 3 aromatic rings. The van der Waals surface area contributed by atoms with Gasteiger partial charge in [-0.15, -0.1) is 0 Å². The van der Waals surface area contributed by atoms with Crippen LogP contribution in [-0.4, -0.2) is 35.1 Å². The van der Waals surface area contributed by atoms with Crippen molar-refractivity contribution in [2.75, 3.05) is 18.1 Å². The lowest BCUT2D eigenvalue weighted by Gasteiger charge is -2.26. The number of hydrogen-bond donors (Lipinski definition) is 2. The average Bonchev–Trinajstić information content (AvgIpc) is 3.09. The van der Waals surface area contributed by atoms with E-state index >= 15 is 0 Å². The number of carbonyl (C=O) groups excluding carboxylic acids is 2. The molecule has 2 N–H and O–H groups in total. The second-order valence-electron chi connectivity index (χ2n) is 7.96. The Kier molecular flexibility index (Phi) is 5.01. The molecule has 1 saturated heterocycles. The largest absolute Gasteiger partial charge is 0.508 e. The van der Waals surface area contributed by atoms with Crippen LogP contribution >= 0.6 is 0 Å². The molecule has 1 unspecified atom stereocenters. The summed E-state index contributed by atoms with van der Waals surface area (Å²) in [4.78, 5) is 27.8. The summed E-state index contributed by atoms with van der Waals surface area (Å²) in [7, 11) is 0. The van der Waals surface area contributed by atoms with Gasteiger partial charge in [-0.1, -0.05) is 24.3 Å². The minimum Gasteiger partial charge on any atom is -0.508 e. The lowest BCUT2D eigenvalue weighted by atomic mass is 9.95. The molecule has 1 atom stereocenters. The Hall–Kier alpha value is -4.26. The molecule has 1 fully saturated rings. The van der Waals surface area contributed by atoms with Crippen LogP contribution in [0.3, 0.4) is 0 Å². The molecule has 0 spiro atoms. The third-order valence-electron chi connectivity index (χ3n) is 5.75. The lowest BCUT2D eigenvalue weighted by Crippen LogP contribution is -2.29. The van der Waals surface area contributed by atoms with Gasteiger partial charge in [0.15, 0.2) is 11.5 Å². The number of aliphatic hydroxyl groups is 1. The van der Waals surface area contributed by atoms with Gasteiger partial charge in [-0.05, 0) is 60.5 Å². The van der Waals surface area contributed by atoms with E-state index in [1.165, 1.54) is 17.0 Å². The number of ketones is 1. The van der Waals surface area contributed by atoms with Crippen LogP contribution in [0.1, 0.15) is 22.7 Å². The number of aliphatic hydroxyl groups excluding tert-OH is 1. The third kappa shape index (κ3) is 3.57. The van der Waals surface area contributed by atoms with E-state index in [1.807, 2.05) is 19.1 Å². The fraction of sp³-hybridized carbons (Fsp3) is 0.154. The Morgan fingerprint density at radius 2 is 1.67 bits per heavy atom. The maximum absolute atomic E-state index is 13.2. The number of aryl methyl sites for hydroxylation is 1. The molecule has 0 aromatic heterocycles. The highest BCUT2D eigenvalue weighted by Gasteiger charge is 2.47. The number of ether oxygens (including phenoxy) is 2. The van der Waals surface area contributed by atoms with Crippen molar-refractivity contribution in [2.45, 2.75) is 13.0 Å². The first-order valence-corrected chi connectivity index (χ1v) is 10.5. The van der Waals surface area contributed by atoms with Gasteiger partial charge in [0.05, 0.1) is 11.6 Å². The Bertz CT molecular complexity index is 1290. The first-order valence-electron chi connectivity index (χ1n) is 10.5. The van der Waals surface area contributed by atoms with E-state index in [9.17, 15) is 19.8 Å². The fourth-order valence-electron chi connectivity index (χ4n) is 4.19. The van der Waals surface area contributed by atoms with Crippen LogP contribution in [0, 0.1) is 6.92 Å². The minimum atomic E-state index is -0.874. The number of hydrogen-bond acceptors (Lipinski definition) is 6. The van der Waals surface area contributed by atoms with Crippen LogP contribution in [-0.2, 0) is 9.59 Å². The third-order valence-corrected chi connectivity index (χ3v) is 5.75. The van der Waals surface area contributed by atoms with Gasteiger partial charge in [0.1, 0.15) is 24.7 Å². The van der Waals surface area contributed by atoms with E-state index in [0.717, 1.165) is 5.56 Å². The monoisotopic (exact) mass is 443 g/mol. The van der Waals surface area contributed by atoms with Crippen LogP contribution in [0.25, 0.3) is 5.76 Å². The molecule has 0 aliphatic carbocycles. The van der Waals surface area contributed by atoms with Crippen molar-refractivity contribution in [2.24, 2.45) is 0 Å². The fourth-order valence-corrected chi connectivity index (χ4v) is 4.19. The van der Waals surface area contributed by atoms with Crippen molar-refractivity contribution in [3.63, 3.8) is 0 Å². The van der Waals surface area contributed by atoms with E-state index in [1.54, 1.807) is 42.5 Å². The molecular formula is C26H21NO6. The Morgan fingerprint density at radius 3 is 2.39 bits per heavy atom. The number of rotatable bonds is 3. The van der Waals surface area contributed by atoms with Gasteiger partial charge in [-0.3, -0.25) is 14.5 Å². The van der Waals surface area contributed by atoms with Crippen molar-refractivity contribution < 1.29 is 29.3 Å². The Labute approximate surface area is 190 Å². The second-order valence-corrected chi connectivity index (χ2v) is 7.96. The van der Waals surface area contributed by atoms with E-state index in [-0.39, 0.29) is 17.1 Å². The Morgan fingerprint density at radius 1 is 0.939 bits per heavy atom. The van der Waals surface area contributed by atoms with Crippen LogP contribution in [0.5, 0.6) is 17.2 Å². The second kappa shape index (κ2) is 8.02. The van der Waals surface area contributed by atoms with Gasteiger partial charge in [0, 0.05) is 11.3 Å². The molecule has 1 amide bonds. The number of phenols is 1. The van der Waals surface area contributed by atoms with Crippen molar-refractivity contribution in [3.8, 4) is 17.2 Å². The van der Waals surface area contributed by atoms with Crippen molar-refractivity contribution >= 4 is 23.1 Å². The molecule has 2 aliphatic heterocycles. The van der Waals surface area contributed by atoms with E-state index < -0.39 is 17.7 Å². The van der Waals surface area contributed by atoms with E-state index in [4.69, 9.17) is 9.47 Å². The SMILES string of the molecule is Cc1cccc(N2C(=O)C(=O)/C(=C(\O)c3ccc4c(c3)OCCO4)C2c2ccc(O)cc2)c1. The van der Waals surface area contributed by atoms with Crippen LogP contribution in [0.2, 0.25) is 0 Å². The van der Waals surface area contributed by atoms with Gasteiger partial charge >= 0.3 is 0 Å². The van der Waals surface area contributed by atoms with Gasteiger partial charge in [-0.2, -0.15) is 0 Å². The first-order chi connectivity index (χ1) is 15.9. The number of aromatic hydroxyl groups is 1. The molecule has 5 rings (SSSR count). The zero-order chi connectivity index (χ0) is 23.1. The van der Waals surface area contributed by atoms with Crippen molar-refractivity contribution in [3.05, 3.63) is 89.0 Å². The summed E-state index contributed by atoms with van der Waals surface area (Å²) in [5.41, 5.74) is 2.34. The maximum Gasteiger partial charge on any atom is 0.300 e. The molecule has 0 radical (unpaired) electrons. The number of nitrogens with zero attached hydrogens (tertiary/aromatic N) is 1. The van der Waals surface area contributed by atoms with E-state index in [0.29, 0.717) is 41.5 Å². The lowest BCUT2D eigenvalue weighted by molar-refractivity contribution is -0.132. The van der Waals surface area contributed by atoms with Crippen LogP contribution in [0.15, 0.2) is 72.3 Å². The summed E-state index contributed by atoms with van der Waals surface area (Å²) in [6, 6.07) is 17.5. The summed E-state index contributed by atoms with van der Waals surface area (Å²) in [5.74, 6) is -0.774. The first kappa shape index (κ1) is 20.6. The number of Topliss-reactive ketones (excluding diaryl/α,β-unsaturated/α-hetero) is 1. The Balaban J connectivity index is 1.69. The number of benzene rings is 3. The zero-order valence-electron chi connectivity index (χ0n) is 17.8. The minimum absolute atomic E-state index is 0.0381. The highest BCUT2D eigenvalue weighted by atomic mass is 16.6. The number of carbonyl (C=O) groups is 2. The molecule has 0 saturated carbocycles. The molecule has 166 valence electrons. The number of phenolic OH excluding ortho intramolecular Hbond substituents is 1.